The van der Waals surface area contributed by atoms with Crippen molar-refractivity contribution in [3.05, 3.63) is 59.3 Å². The van der Waals surface area contributed by atoms with E-state index in [0.29, 0.717) is 24.6 Å². The smallest absolute Gasteiger partial charge is 0.309 e. The summed E-state index contributed by atoms with van der Waals surface area (Å²) in [5, 5.41) is 7.97. The average molecular weight is 505 g/mol. The maximum absolute atomic E-state index is 12.7. The van der Waals surface area contributed by atoms with Gasteiger partial charge in [-0.3, -0.25) is 4.79 Å². The van der Waals surface area contributed by atoms with Crippen LogP contribution in [0.4, 0.5) is 0 Å². The van der Waals surface area contributed by atoms with Crippen molar-refractivity contribution in [2.45, 2.75) is 115 Å². The highest BCUT2D eigenvalue weighted by molar-refractivity contribution is 5.72. The molecule has 2 unspecified atom stereocenters. The van der Waals surface area contributed by atoms with Crippen LogP contribution in [0, 0.1) is 17.8 Å². The van der Waals surface area contributed by atoms with Crippen molar-refractivity contribution < 1.29 is 9.53 Å². The molecule has 1 aromatic carbocycles. The molecule has 0 spiro atoms. The Morgan fingerprint density at radius 2 is 1.54 bits per heavy atom. The molecule has 1 aromatic rings. The van der Waals surface area contributed by atoms with Crippen LogP contribution >= 0.6 is 0 Å². The van der Waals surface area contributed by atoms with Crippen LogP contribution in [0.1, 0.15) is 102 Å². The van der Waals surface area contributed by atoms with Gasteiger partial charge < -0.3 is 15.4 Å². The van der Waals surface area contributed by atoms with Gasteiger partial charge in [0, 0.05) is 23.7 Å². The highest BCUT2D eigenvalue weighted by Crippen LogP contribution is 2.37. The average Bonchev–Trinajstić information content (AvgIpc) is 2.89. The number of carbonyl (C=O) groups excluding carboxylic acids is 1. The van der Waals surface area contributed by atoms with Crippen molar-refractivity contribution in [3.8, 4) is 0 Å². The van der Waals surface area contributed by atoms with Crippen LogP contribution in [-0.2, 0) is 16.1 Å². The van der Waals surface area contributed by atoms with E-state index >= 15 is 0 Å². The number of carbonyl (C=O) groups is 1. The van der Waals surface area contributed by atoms with Crippen molar-refractivity contribution in [2.75, 3.05) is 6.54 Å². The second-order valence-corrected chi connectivity index (χ2v) is 12.0. The van der Waals surface area contributed by atoms with Gasteiger partial charge >= 0.3 is 5.97 Å². The molecule has 4 aliphatic rings. The molecular weight excluding hydrogens is 456 g/mol. The van der Waals surface area contributed by atoms with Crippen molar-refractivity contribution in [1.82, 2.24) is 10.6 Å². The van der Waals surface area contributed by atoms with Crippen LogP contribution in [0.2, 0.25) is 0 Å². The van der Waals surface area contributed by atoms with E-state index in [2.05, 4.69) is 22.8 Å². The predicted octanol–water partition coefficient (Wildman–Crippen LogP) is 7.21. The van der Waals surface area contributed by atoms with Gasteiger partial charge in [-0.2, -0.15) is 0 Å². The summed E-state index contributed by atoms with van der Waals surface area (Å²) in [5.41, 5.74) is 4.14. The molecule has 2 atom stereocenters. The molecule has 4 heteroatoms. The third-order valence-electron chi connectivity index (χ3n) is 9.33. The molecule has 2 N–H and O–H groups in total. The van der Waals surface area contributed by atoms with Crippen molar-refractivity contribution in [3.63, 3.8) is 0 Å². The molecule has 4 nitrogen and oxygen atoms in total. The molecule has 0 radical (unpaired) electrons. The number of hydrogen-bond acceptors (Lipinski definition) is 4. The lowest BCUT2D eigenvalue weighted by Crippen LogP contribution is -2.45. The first-order valence-corrected chi connectivity index (χ1v) is 15.4. The third kappa shape index (κ3) is 7.50. The Labute approximate surface area is 224 Å². The largest absolute Gasteiger partial charge is 0.461 e. The van der Waals surface area contributed by atoms with Crippen LogP contribution in [0.3, 0.4) is 0 Å². The van der Waals surface area contributed by atoms with Crippen molar-refractivity contribution in [1.29, 1.82) is 0 Å². The van der Waals surface area contributed by atoms with E-state index in [1.54, 1.807) is 5.57 Å². The van der Waals surface area contributed by atoms with Crippen molar-refractivity contribution in [2.24, 2.45) is 17.8 Å². The Kier molecular flexibility index (Phi) is 9.78. The van der Waals surface area contributed by atoms with Gasteiger partial charge in [0.2, 0.25) is 0 Å². The highest BCUT2D eigenvalue weighted by atomic mass is 16.5. The molecular formula is C33H48N2O2. The molecule has 3 aliphatic carbocycles. The van der Waals surface area contributed by atoms with Crippen LogP contribution in [0.5, 0.6) is 0 Å². The van der Waals surface area contributed by atoms with Crippen LogP contribution in [0.25, 0.3) is 0 Å². The number of esters is 1. The first-order valence-electron chi connectivity index (χ1n) is 15.4. The first kappa shape index (κ1) is 26.5. The summed E-state index contributed by atoms with van der Waals surface area (Å²) in [5.74, 6) is 1.31. The quantitative estimate of drug-likeness (QED) is 0.402. The van der Waals surface area contributed by atoms with Crippen LogP contribution in [0.15, 0.2) is 53.8 Å². The number of rotatable bonds is 6. The first-order chi connectivity index (χ1) is 18.3. The number of hydrogen-bond donors (Lipinski definition) is 2. The molecule has 2 saturated carbocycles. The predicted molar refractivity (Wildman–Crippen MR) is 151 cm³/mol. The van der Waals surface area contributed by atoms with Crippen LogP contribution in [-0.4, -0.2) is 24.6 Å². The molecule has 0 aromatic heterocycles. The minimum absolute atomic E-state index is 0.0158. The summed E-state index contributed by atoms with van der Waals surface area (Å²) in [6.45, 7) is 1.52. The van der Waals surface area contributed by atoms with E-state index in [-0.39, 0.29) is 11.9 Å². The lowest BCUT2D eigenvalue weighted by molar-refractivity contribution is -0.151. The van der Waals surface area contributed by atoms with Gasteiger partial charge in [0.25, 0.3) is 0 Å². The summed E-state index contributed by atoms with van der Waals surface area (Å²) in [6.07, 6.45) is 24.1. The fourth-order valence-corrected chi connectivity index (χ4v) is 7.07. The normalized spacial score (nSPS) is 29.8. The fourth-order valence-electron chi connectivity index (χ4n) is 7.07. The van der Waals surface area contributed by atoms with E-state index in [0.717, 1.165) is 43.7 Å². The van der Waals surface area contributed by atoms with E-state index in [9.17, 15) is 4.79 Å². The SMILES string of the molecule is O=C(OCc1ccccc1)C1CCC(NC2=CC(C3CCCCCCC3)=CC3NCCCCCC23)CC1. The maximum atomic E-state index is 12.7. The molecule has 37 heavy (non-hydrogen) atoms. The van der Waals surface area contributed by atoms with E-state index in [4.69, 9.17) is 4.74 Å². The molecule has 202 valence electrons. The van der Waals surface area contributed by atoms with Gasteiger partial charge in [-0.15, -0.1) is 0 Å². The molecule has 0 bridgehead atoms. The Bertz CT molecular complexity index is 908. The molecule has 3 fully saturated rings. The van der Waals surface area contributed by atoms with Gasteiger partial charge in [-0.25, -0.2) is 0 Å². The number of fused-ring (bicyclic) bond motifs is 1. The van der Waals surface area contributed by atoms with Gasteiger partial charge in [-0.1, -0.05) is 81.4 Å². The van der Waals surface area contributed by atoms with E-state index in [1.165, 1.54) is 76.3 Å². The summed E-state index contributed by atoms with van der Waals surface area (Å²) in [7, 11) is 0. The molecule has 5 rings (SSSR count). The summed E-state index contributed by atoms with van der Waals surface area (Å²) in [4.78, 5) is 12.7. The van der Waals surface area contributed by atoms with Gasteiger partial charge in [-0.05, 0) is 81.0 Å². The molecule has 1 heterocycles. The second kappa shape index (κ2) is 13.6. The summed E-state index contributed by atoms with van der Waals surface area (Å²) in [6, 6.07) is 10.9. The van der Waals surface area contributed by atoms with Gasteiger partial charge in [0.15, 0.2) is 0 Å². The summed E-state index contributed by atoms with van der Waals surface area (Å²) >= 11 is 0. The number of allylic oxidation sites excluding steroid dienone is 2. The monoisotopic (exact) mass is 504 g/mol. The molecule has 1 saturated heterocycles. The zero-order valence-corrected chi connectivity index (χ0v) is 22.8. The number of ether oxygens (including phenoxy) is 1. The third-order valence-corrected chi connectivity index (χ3v) is 9.33. The minimum Gasteiger partial charge on any atom is -0.461 e. The standard InChI is InChI=1S/C33H48N2O2/c36-33(37-24-25-12-6-4-7-13-25)27-17-19-29(20-18-27)35-32-23-28(26-14-8-2-1-3-9-15-26)22-31-30(32)16-10-5-11-21-34-31/h4,6-7,12-13,22-23,26-27,29-31,34-35H,1-3,5,8-11,14-21,24H2. The van der Waals surface area contributed by atoms with Gasteiger partial charge in [0.1, 0.15) is 6.61 Å². The fraction of sp³-hybridized carbons (Fsp3) is 0.667. The Morgan fingerprint density at radius 3 is 2.32 bits per heavy atom. The lowest BCUT2D eigenvalue weighted by atomic mass is 9.77. The highest BCUT2D eigenvalue weighted by Gasteiger charge is 2.33. The summed E-state index contributed by atoms with van der Waals surface area (Å²) < 4.78 is 5.66. The number of nitrogens with one attached hydrogen (secondary N) is 2. The zero-order valence-electron chi connectivity index (χ0n) is 22.8. The van der Waals surface area contributed by atoms with E-state index < -0.39 is 0 Å². The topological polar surface area (TPSA) is 50.4 Å². The minimum atomic E-state index is -0.0158. The van der Waals surface area contributed by atoms with Gasteiger partial charge in [0.05, 0.1) is 5.92 Å². The van der Waals surface area contributed by atoms with Crippen molar-refractivity contribution >= 4 is 5.97 Å². The second-order valence-electron chi connectivity index (χ2n) is 12.0. The number of benzene rings is 1. The molecule has 0 amide bonds. The van der Waals surface area contributed by atoms with E-state index in [1.807, 2.05) is 30.3 Å². The Hall–Kier alpha value is -2.07. The Morgan fingerprint density at radius 1 is 0.838 bits per heavy atom. The Balaban J connectivity index is 1.20. The van der Waals surface area contributed by atoms with Crippen LogP contribution < -0.4 is 10.6 Å². The zero-order chi connectivity index (χ0) is 25.3. The molecule has 1 aliphatic heterocycles. The lowest BCUT2D eigenvalue weighted by Gasteiger charge is -2.39. The maximum Gasteiger partial charge on any atom is 0.309 e.